The predicted octanol–water partition coefficient (Wildman–Crippen LogP) is 2.98. The highest BCUT2D eigenvalue weighted by molar-refractivity contribution is 5.93. The Bertz CT molecular complexity index is 1170. The minimum atomic E-state index is -0.527. The van der Waals surface area contributed by atoms with Gasteiger partial charge in [-0.3, -0.25) is 4.79 Å². The Morgan fingerprint density at radius 3 is 2.55 bits per heavy atom. The maximum absolute atomic E-state index is 13.1. The number of nitrogens with zero attached hydrogens (tertiary/aromatic N) is 4. The zero-order valence-corrected chi connectivity index (χ0v) is 18.4. The van der Waals surface area contributed by atoms with Gasteiger partial charge in [-0.1, -0.05) is 42.5 Å². The summed E-state index contributed by atoms with van der Waals surface area (Å²) >= 11 is 0. The van der Waals surface area contributed by atoms with Gasteiger partial charge in [-0.15, -0.1) is 0 Å². The number of hydrogen-bond donors (Lipinski definition) is 1. The largest absolute Gasteiger partial charge is 0.463 e. The first kappa shape index (κ1) is 22.2. The molecule has 9 heteroatoms. The summed E-state index contributed by atoms with van der Waals surface area (Å²) in [5.74, 6) is -0.638. The summed E-state index contributed by atoms with van der Waals surface area (Å²) in [5, 5.41) is 7.18. The summed E-state index contributed by atoms with van der Waals surface area (Å²) in [7, 11) is 0. The van der Waals surface area contributed by atoms with Gasteiger partial charge >= 0.3 is 5.97 Å². The summed E-state index contributed by atoms with van der Waals surface area (Å²) in [6, 6.07) is 14.9. The molecule has 3 aromatic rings. The van der Waals surface area contributed by atoms with E-state index in [4.69, 9.17) is 4.74 Å². The van der Waals surface area contributed by atoms with E-state index >= 15 is 0 Å². The zero-order valence-electron chi connectivity index (χ0n) is 18.4. The van der Waals surface area contributed by atoms with Crippen molar-refractivity contribution in [2.24, 2.45) is 0 Å². The molecule has 1 amide bonds. The van der Waals surface area contributed by atoms with Crippen molar-refractivity contribution in [3.8, 4) is 0 Å². The van der Waals surface area contributed by atoms with Gasteiger partial charge in [0.1, 0.15) is 24.7 Å². The number of carbonyl (C=O) groups excluding carboxylic acids is 2. The summed E-state index contributed by atoms with van der Waals surface area (Å²) < 4.78 is 20.1. The Morgan fingerprint density at radius 1 is 1.12 bits per heavy atom. The molecule has 8 nitrogen and oxygen atoms in total. The number of carbonyl (C=O) groups is 2. The summed E-state index contributed by atoms with van der Waals surface area (Å²) in [6.45, 7) is 3.92. The Labute approximate surface area is 190 Å². The van der Waals surface area contributed by atoms with E-state index in [0.717, 1.165) is 11.1 Å². The Morgan fingerprint density at radius 2 is 1.85 bits per heavy atom. The van der Waals surface area contributed by atoms with Gasteiger partial charge in [-0.05, 0) is 37.1 Å². The van der Waals surface area contributed by atoms with Crippen molar-refractivity contribution in [2.75, 3.05) is 18.1 Å². The molecule has 0 radical (unpaired) electrons. The van der Waals surface area contributed by atoms with Gasteiger partial charge < -0.3 is 15.0 Å². The van der Waals surface area contributed by atoms with E-state index in [1.54, 1.807) is 35.6 Å². The molecule has 1 aliphatic heterocycles. The van der Waals surface area contributed by atoms with Gasteiger partial charge in [0.05, 0.1) is 12.2 Å². The van der Waals surface area contributed by atoms with Gasteiger partial charge in [0, 0.05) is 12.2 Å². The quantitative estimate of drug-likeness (QED) is 0.558. The molecule has 2 heterocycles. The number of anilines is 1. The minimum Gasteiger partial charge on any atom is -0.463 e. The second-order valence-electron chi connectivity index (χ2n) is 7.53. The maximum Gasteiger partial charge on any atom is 0.338 e. The Hall–Kier alpha value is -4.01. The Balaban J connectivity index is 1.63. The van der Waals surface area contributed by atoms with Crippen LogP contribution in [0.4, 0.5) is 10.3 Å². The molecule has 0 bridgehead atoms. The molecule has 1 aliphatic rings. The minimum absolute atomic E-state index is 0.0733. The van der Waals surface area contributed by atoms with Crippen molar-refractivity contribution in [2.45, 2.75) is 26.4 Å². The normalized spacial score (nSPS) is 15.2. The van der Waals surface area contributed by atoms with Gasteiger partial charge in [0.25, 0.3) is 0 Å². The third-order valence-corrected chi connectivity index (χ3v) is 5.42. The highest BCUT2D eigenvalue weighted by Gasteiger charge is 2.38. The highest BCUT2D eigenvalue weighted by Crippen LogP contribution is 2.38. The first-order valence-corrected chi connectivity index (χ1v) is 10.6. The number of allylic oxidation sites excluding steroid dienone is 1. The first-order valence-electron chi connectivity index (χ1n) is 10.6. The van der Waals surface area contributed by atoms with Crippen LogP contribution in [0, 0.1) is 5.82 Å². The van der Waals surface area contributed by atoms with Crippen molar-refractivity contribution in [1.82, 2.24) is 20.1 Å². The lowest BCUT2D eigenvalue weighted by atomic mass is 9.95. The maximum atomic E-state index is 13.1. The van der Waals surface area contributed by atoms with E-state index in [9.17, 15) is 14.0 Å². The van der Waals surface area contributed by atoms with Crippen molar-refractivity contribution < 1.29 is 18.7 Å². The summed E-state index contributed by atoms with van der Waals surface area (Å²) in [4.78, 5) is 31.8. The predicted molar refractivity (Wildman–Crippen MR) is 120 cm³/mol. The summed E-state index contributed by atoms with van der Waals surface area (Å²) in [6.07, 6.45) is 1.40. The van der Waals surface area contributed by atoms with Gasteiger partial charge in [0.15, 0.2) is 0 Å². The van der Waals surface area contributed by atoms with E-state index < -0.39 is 12.0 Å². The standard InChI is InChI=1S/C24H24FN5O3/c1-3-33-23(32)21-16(2)29(14-20(31)26-13-17-9-11-19(25)12-10-17)24-27-15-28-30(24)22(21)18-7-5-4-6-8-18/h4-12,15,22H,3,13-14H2,1-2H3,(H,26,31)/t22-/m0/s1. The Kier molecular flexibility index (Phi) is 6.48. The number of ether oxygens (including phenoxy) is 1. The third kappa shape index (κ3) is 4.62. The molecule has 1 N–H and O–H groups in total. The average molecular weight is 449 g/mol. The molecule has 0 aliphatic carbocycles. The molecule has 0 spiro atoms. The zero-order chi connectivity index (χ0) is 23.4. The molecule has 33 heavy (non-hydrogen) atoms. The van der Waals surface area contributed by atoms with Crippen LogP contribution in [0.5, 0.6) is 0 Å². The van der Waals surface area contributed by atoms with E-state index in [-0.39, 0.29) is 31.4 Å². The first-order chi connectivity index (χ1) is 16.0. The molecule has 0 saturated carbocycles. The number of benzene rings is 2. The molecule has 170 valence electrons. The number of fused-ring (bicyclic) bond motifs is 1. The van der Waals surface area contributed by atoms with E-state index in [1.807, 2.05) is 30.3 Å². The fourth-order valence-electron chi connectivity index (χ4n) is 3.84. The molecule has 0 unspecified atom stereocenters. The average Bonchev–Trinajstić information content (AvgIpc) is 3.30. The smallest absolute Gasteiger partial charge is 0.338 e. The number of hydrogen-bond acceptors (Lipinski definition) is 6. The van der Waals surface area contributed by atoms with Crippen molar-refractivity contribution >= 4 is 17.8 Å². The van der Waals surface area contributed by atoms with Gasteiger partial charge in [-0.2, -0.15) is 10.1 Å². The number of esters is 1. The molecule has 0 fully saturated rings. The van der Waals surface area contributed by atoms with Crippen LogP contribution in [-0.2, 0) is 20.9 Å². The fraction of sp³-hybridized carbons (Fsp3) is 0.250. The lowest BCUT2D eigenvalue weighted by Crippen LogP contribution is -2.42. The second kappa shape index (κ2) is 9.64. The van der Waals surface area contributed by atoms with Crippen LogP contribution >= 0.6 is 0 Å². The molecule has 0 saturated heterocycles. The molecular weight excluding hydrogens is 425 g/mol. The van der Waals surface area contributed by atoms with Crippen molar-refractivity contribution in [3.63, 3.8) is 0 Å². The second-order valence-corrected chi connectivity index (χ2v) is 7.53. The molecule has 2 aromatic carbocycles. The van der Waals surface area contributed by atoms with Crippen LogP contribution in [-0.4, -0.2) is 39.8 Å². The molecule has 1 aromatic heterocycles. The van der Waals surface area contributed by atoms with Crippen LogP contribution in [0.2, 0.25) is 0 Å². The summed E-state index contributed by atoms with van der Waals surface area (Å²) in [5.41, 5.74) is 2.59. The lowest BCUT2D eigenvalue weighted by molar-refractivity contribution is -0.139. The van der Waals surface area contributed by atoms with Crippen LogP contribution < -0.4 is 10.2 Å². The number of nitrogens with one attached hydrogen (secondary N) is 1. The van der Waals surface area contributed by atoms with Crippen molar-refractivity contribution in [1.29, 1.82) is 0 Å². The number of aromatic nitrogens is 3. The van der Waals surface area contributed by atoms with E-state index in [2.05, 4.69) is 15.4 Å². The van der Waals surface area contributed by atoms with Crippen LogP contribution in [0.25, 0.3) is 0 Å². The topological polar surface area (TPSA) is 89.3 Å². The van der Waals surface area contributed by atoms with Gasteiger partial charge in [-0.25, -0.2) is 13.9 Å². The number of rotatable bonds is 7. The molecule has 4 rings (SSSR count). The molecular formula is C24H24FN5O3. The number of amides is 1. The van der Waals surface area contributed by atoms with Crippen LogP contribution in [0.1, 0.15) is 31.0 Å². The monoisotopic (exact) mass is 449 g/mol. The van der Waals surface area contributed by atoms with Crippen LogP contribution in [0.15, 0.2) is 72.2 Å². The number of halogens is 1. The lowest BCUT2D eigenvalue weighted by Gasteiger charge is -2.35. The van der Waals surface area contributed by atoms with Gasteiger partial charge in [0.2, 0.25) is 11.9 Å². The van der Waals surface area contributed by atoms with Crippen molar-refractivity contribution in [3.05, 3.63) is 89.1 Å². The highest BCUT2D eigenvalue weighted by atomic mass is 19.1. The molecule has 1 atom stereocenters. The fourth-order valence-corrected chi connectivity index (χ4v) is 3.84. The van der Waals surface area contributed by atoms with Crippen LogP contribution in [0.3, 0.4) is 0 Å². The van der Waals surface area contributed by atoms with E-state index in [1.165, 1.54) is 18.5 Å². The van der Waals surface area contributed by atoms with E-state index in [0.29, 0.717) is 17.2 Å². The third-order valence-electron chi connectivity index (χ3n) is 5.42. The SMILES string of the molecule is CCOC(=O)C1=C(C)N(CC(=O)NCc2ccc(F)cc2)c2ncnn2[C@H]1c1ccccc1.